The molecule has 0 saturated carbocycles. The van der Waals surface area contributed by atoms with Crippen LogP contribution in [0.4, 0.5) is 4.79 Å². The molecular formula is C29H37NO8. The van der Waals surface area contributed by atoms with Crippen LogP contribution in [0.3, 0.4) is 0 Å². The SMILES string of the molecule is COC(=O)C1(COCc2ccccc2)CN(C(=O)OC(C)(C)C)C(COCc2ccccc2)(C(=O)OC)C1. The van der Waals surface area contributed by atoms with E-state index in [2.05, 4.69) is 0 Å². The highest BCUT2D eigenvalue weighted by molar-refractivity contribution is 5.90. The summed E-state index contributed by atoms with van der Waals surface area (Å²) < 4.78 is 27.9. The van der Waals surface area contributed by atoms with Gasteiger partial charge in [0.25, 0.3) is 0 Å². The van der Waals surface area contributed by atoms with Crippen LogP contribution < -0.4 is 0 Å². The summed E-state index contributed by atoms with van der Waals surface area (Å²) in [5, 5.41) is 0. The summed E-state index contributed by atoms with van der Waals surface area (Å²) in [6.07, 6.45) is -0.887. The predicted octanol–water partition coefficient (Wildman–Crippen LogP) is 4.13. The van der Waals surface area contributed by atoms with Gasteiger partial charge in [-0.05, 0) is 31.9 Å². The molecule has 1 aliphatic rings. The predicted molar refractivity (Wildman–Crippen MR) is 139 cm³/mol. The lowest BCUT2D eigenvalue weighted by Crippen LogP contribution is -2.57. The number of likely N-dealkylation sites (tertiary alicyclic amines) is 1. The molecule has 2 aromatic rings. The third kappa shape index (κ3) is 6.90. The largest absolute Gasteiger partial charge is 0.468 e. The fourth-order valence-corrected chi connectivity index (χ4v) is 4.64. The number of methoxy groups -OCH3 is 2. The molecule has 0 spiro atoms. The third-order valence-electron chi connectivity index (χ3n) is 6.35. The second-order valence-corrected chi connectivity index (χ2v) is 10.5. The van der Waals surface area contributed by atoms with Crippen molar-refractivity contribution in [2.24, 2.45) is 5.41 Å². The maximum absolute atomic E-state index is 13.5. The summed E-state index contributed by atoms with van der Waals surface area (Å²) in [4.78, 5) is 41.4. The minimum Gasteiger partial charge on any atom is -0.468 e. The van der Waals surface area contributed by atoms with E-state index in [0.717, 1.165) is 11.1 Å². The highest BCUT2D eigenvalue weighted by Gasteiger charge is 2.64. The van der Waals surface area contributed by atoms with Crippen molar-refractivity contribution in [3.05, 3.63) is 71.8 Å². The first-order valence-corrected chi connectivity index (χ1v) is 12.5. The number of amides is 1. The first-order chi connectivity index (χ1) is 18.0. The Morgan fingerprint density at radius 2 is 1.29 bits per heavy atom. The molecule has 2 aromatic carbocycles. The van der Waals surface area contributed by atoms with Gasteiger partial charge in [0, 0.05) is 13.0 Å². The van der Waals surface area contributed by atoms with Crippen molar-refractivity contribution in [1.29, 1.82) is 0 Å². The molecule has 9 heteroatoms. The quantitative estimate of drug-likeness (QED) is 0.336. The second kappa shape index (κ2) is 12.4. The topological polar surface area (TPSA) is 101 Å². The molecule has 1 saturated heterocycles. The van der Waals surface area contributed by atoms with Crippen LogP contribution in [0, 0.1) is 5.41 Å². The molecule has 1 amide bonds. The van der Waals surface area contributed by atoms with Gasteiger partial charge in [-0.2, -0.15) is 0 Å². The zero-order chi connectivity index (χ0) is 27.8. The average molecular weight is 528 g/mol. The van der Waals surface area contributed by atoms with Gasteiger partial charge in [0.2, 0.25) is 0 Å². The van der Waals surface area contributed by atoms with Gasteiger partial charge in [0.15, 0.2) is 5.54 Å². The van der Waals surface area contributed by atoms with Crippen molar-refractivity contribution >= 4 is 18.0 Å². The Bertz CT molecular complexity index is 1080. The van der Waals surface area contributed by atoms with Gasteiger partial charge in [-0.25, -0.2) is 9.59 Å². The smallest absolute Gasteiger partial charge is 0.411 e. The van der Waals surface area contributed by atoms with Gasteiger partial charge in [0.05, 0.1) is 40.6 Å². The molecule has 38 heavy (non-hydrogen) atoms. The normalized spacial score (nSPS) is 21.1. The van der Waals surface area contributed by atoms with Gasteiger partial charge >= 0.3 is 18.0 Å². The number of carbonyl (C=O) groups is 3. The first kappa shape index (κ1) is 29.1. The lowest BCUT2D eigenvalue weighted by Gasteiger charge is -2.36. The average Bonchev–Trinajstić information content (AvgIpc) is 3.24. The highest BCUT2D eigenvalue weighted by atomic mass is 16.6. The number of hydrogen-bond donors (Lipinski definition) is 0. The van der Waals surface area contributed by atoms with Crippen molar-refractivity contribution in [2.45, 2.75) is 51.5 Å². The van der Waals surface area contributed by atoms with E-state index in [1.807, 2.05) is 60.7 Å². The van der Waals surface area contributed by atoms with Crippen molar-refractivity contribution < 1.29 is 38.1 Å². The van der Waals surface area contributed by atoms with Crippen LogP contribution in [-0.4, -0.2) is 68.0 Å². The molecule has 0 aromatic heterocycles. The summed E-state index contributed by atoms with van der Waals surface area (Å²) >= 11 is 0. The van der Waals surface area contributed by atoms with Crippen molar-refractivity contribution in [3.8, 4) is 0 Å². The summed E-state index contributed by atoms with van der Waals surface area (Å²) in [7, 11) is 2.50. The van der Waals surface area contributed by atoms with E-state index in [0.29, 0.717) is 0 Å². The third-order valence-corrected chi connectivity index (χ3v) is 6.35. The van der Waals surface area contributed by atoms with Crippen LogP contribution in [0.2, 0.25) is 0 Å². The molecule has 0 radical (unpaired) electrons. The van der Waals surface area contributed by atoms with Gasteiger partial charge in [-0.1, -0.05) is 60.7 Å². The van der Waals surface area contributed by atoms with Crippen LogP contribution in [0.25, 0.3) is 0 Å². The van der Waals surface area contributed by atoms with E-state index in [4.69, 9.17) is 23.7 Å². The molecule has 2 unspecified atom stereocenters. The zero-order valence-electron chi connectivity index (χ0n) is 22.7. The molecule has 1 aliphatic heterocycles. The maximum atomic E-state index is 13.5. The van der Waals surface area contributed by atoms with Gasteiger partial charge in [-0.15, -0.1) is 0 Å². The number of benzene rings is 2. The van der Waals surface area contributed by atoms with Gasteiger partial charge in [-0.3, -0.25) is 9.69 Å². The van der Waals surface area contributed by atoms with Crippen molar-refractivity contribution in [2.75, 3.05) is 34.0 Å². The standard InChI is InChI=1S/C29H37NO8/c1-27(2,3)38-26(33)30-19-28(24(31)34-4,20-36-16-22-12-8-6-9-13-22)18-29(30,25(32)35-5)21-37-17-23-14-10-7-11-15-23/h6-15H,16-21H2,1-5H3. The molecule has 9 nitrogen and oxygen atoms in total. The molecule has 2 atom stereocenters. The van der Waals surface area contributed by atoms with Crippen LogP contribution in [-0.2, 0) is 46.5 Å². The minimum absolute atomic E-state index is 0.0920. The maximum Gasteiger partial charge on any atom is 0.411 e. The summed E-state index contributed by atoms with van der Waals surface area (Å²) in [6, 6.07) is 18.9. The Labute approximate surface area is 223 Å². The number of carbonyl (C=O) groups excluding carboxylic acids is 3. The van der Waals surface area contributed by atoms with E-state index in [1.165, 1.54) is 19.1 Å². The summed E-state index contributed by atoms with van der Waals surface area (Å²) in [5.41, 5.74) is -2.04. The van der Waals surface area contributed by atoms with Gasteiger partial charge in [0.1, 0.15) is 11.0 Å². The summed E-state index contributed by atoms with van der Waals surface area (Å²) in [6.45, 7) is 5.12. The highest BCUT2D eigenvalue weighted by Crippen LogP contribution is 2.45. The first-order valence-electron chi connectivity index (χ1n) is 12.5. The van der Waals surface area contributed by atoms with E-state index in [9.17, 15) is 14.4 Å². The number of ether oxygens (including phenoxy) is 5. The Hall–Kier alpha value is -3.43. The zero-order valence-corrected chi connectivity index (χ0v) is 22.7. The van der Waals surface area contributed by atoms with E-state index in [1.54, 1.807) is 20.8 Å². The van der Waals surface area contributed by atoms with Crippen molar-refractivity contribution in [3.63, 3.8) is 0 Å². The molecule has 3 rings (SSSR count). The Morgan fingerprint density at radius 3 is 1.76 bits per heavy atom. The molecule has 0 bridgehead atoms. The number of esters is 2. The van der Waals surface area contributed by atoms with E-state index in [-0.39, 0.29) is 39.4 Å². The Balaban J connectivity index is 1.95. The summed E-state index contributed by atoms with van der Waals surface area (Å²) in [5.74, 6) is -1.32. The molecule has 0 aliphatic carbocycles. The van der Waals surface area contributed by atoms with E-state index < -0.39 is 34.6 Å². The fourth-order valence-electron chi connectivity index (χ4n) is 4.64. The monoisotopic (exact) mass is 527 g/mol. The minimum atomic E-state index is -1.64. The number of hydrogen-bond acceptors (Lipinski definition) is 8. The lowest BCUT2D eigenvalue weighted by molar-refractivity contribution is -0.159. The molecular weight excluding hydrogens is 490 g/mol. The van der Waals surface area contributed by atoms with Crippen LogP contribution in [0.1, 0.15) is 38.3 Å². The Kier molecular flexibility index (Phi) is 9.51. The second-order valence-electron chi connectivity index (χ2n) is 10.5. The van der Waals surface area contributed by atoms with E-state index >= 15 is 0 Å². The van der Waals surface area contributed by atoms with Gasteiger partial charge < -0.3 is 23.7 Å². The van der Waals surface area contributed by atoms with Crippen molar-refractivity contribution in [1.82, 2.24) is 4.90 Å². The number of rotatable bonds is 10. The lowest BCUT2D eigenvalue weighted by atomic mass is 9.81. The molecule has 0 N–H and O–H groups in total. The molecule has 1 fully saturated rings. The molecule has 206 valence electrons. The van der Waals surface area contributed by atoms with Crippen LogP contribution >= 0.6 is 0 Å². The molecule has 1 heterocycles. The van der Waals surface area contributed by atoms with Crippen LogP contribution in [0.5, 0.6) is 0 Å². The van der Waals surface area contributed by atoms with Crippen LogP contribution in [0.15, 0.2) is 60.7 Å². The Morgan fingerprint density at radius 1 is 0.789 bits per heavy atom. The number of nitrogens with zero attached hydrogens (tertiary/aromatic N) is 1. The fraction of sp³-hybridized carbons (Fsp3) is 0.483.